The number of ether oxygens (including phenoxy) is 2. The average Bonchev–Trinajstić information content (AvgIpc) is 3.04. The number of aromatic nitrogens is 2. The highest BCUT2D eigenvalue weighted by molar-refractivity contribution is 5.90. The van der Waals surface area contributed by atoms with Gasteiger partial charge in [-0.3, -0.25) is 9.36 Å². The molecule has 0 radical (unpaired) electrons. The first-order valence-electron chi connectivity index (χ1n) is 14.5. The van der Waals surface area contributed by atoms with E-state index in [9.17, 15) is 9.59 Å². The molecule has 5 aromatic rings. The van der Waals surface area contributed by atoms with Crippen LogP contribution < -0.4 is 20.3 Å². The zero-order valence-electron chi connectivity index (χ0n) is 24.7. The molecule has 5 rings (SSSR count). The molecule has 1 heterocycles. The molecule has 0 saturated carbocycles. The number of carbonyl (C=O) groups excluding carboxylic acids is 1. The molecule has 220 valence electrons. The van der Waals surface area contributed by atoms with Crippen molar-refractivity contribution in [3.8, 4) is 17.2 Å². The van der Waals surface area contributed by atoms with Gasteiger partial charge in [0.1, 0.15) is 17.3 Å². The van der Waals surface area contributed by atoms with E-state index in [4.69, 9.17) is 14.5 Å². The number of methoxy groups -OCH3 is 1. The van der Waals surface area contributed by atoms with Crippen molar-refractivity contribution in [2.45, 2.75) is 32.7 Å². The molecule has 1 aromatic heterocycles. The van der Waals surface area contributed by atoms with Crippen LogP contribution in [0, 0.1) is 0 Å². The van der Waals surface area contributed by atoms with E-state index in [-0.39, 0.29) is 11.6 Å². The minimum Gasteiger partial charge on any atom is -0.497 e. The molecule has 0 bridgehead atoms. The lowest BCUT2D eigenvalue weighted by Gasteiger charge is -2.32. The van der Waals surface area contributed by atoms with Crippen LogP contribution in [-0.2, 0) is 6.42 Å². The lowest BCUT2D eigenvalue weighted by molar-refractivity contribution is 0.182. The Labute approximate surface area is 251 Å². The number of fused-ring (bicyclic) bond motifs is 1. The lowest BCUT2D eigenvalue weighted by Crippen LogP contribution is -2.42. The number of anilines is 1. The highest BCUT2D eigenvalue weighted by Gasteiger charge is 2.29. The van der Waals surface area contributed by atoms with E-state index in [2.05, 4.69) is 5.32 Å². The van der Waals surface area contributed by atoms with Gasteiger partial charge in [-0.1, -0.05) is 55.5 Å². The van der Waals surface area contributed by atoms with Crippen molar-refractivity contribution in [1.82, 2.24) is 14.5 Å². The Kier molecular flexibility index (Phi) is 9.36. The Morgan fingerprint density at radius 1 is 0.907 bits per heavy atom. The fraction of sp³-hybridized carbons (Fsp3) is 0.229. The fourth-order valence-corrected chi connectivity index (χ4v) is 5.21. The standard InChI is InChI=1S/C35H36N4O4/c1-4-32(38(23-22-25-12-7-6-8-13-25)35(41)36-26-14-11-15-29(24-26)42-3)33-37-31-17-10-9-16-30(31)34(40)39(33)27-18-20-28(21-19-27)43-5-2/h6-21,24,32H,4-5,22-23H2,1-3H3,(H,36,41). The number of hydrogen-bond donors (Lipinski definition) is 1. The monoisotopic (exact) mass is 576 g/mol. The molecule has 0 aliphatic rings. The van der Waals surface area contributed by atoms with E-state index in [0.717, 1.165) is 5.56 Å². The van der Waals surface area contributed by atoms with Crippen LogP contribution in [0.2, 0.25) is 0 Å². The van der Waals surface area contributed by atoms with Gasteiger partial charge in [0, 0.05) is 18.3 Å². The molecule has 4 aromatic carbocycles. The quantitative estimate of drug-likeness (QED) is 0.183. The summed E-state index contributed by atoms with van der Waals surface area (Å²) in [6.07, 6.45) is 1.16. The number of carbonyl (C=O) groups is 1. The number of benzene rings is 4. The normalized spacial score (nSPS) is 11.6. The zero-order chi connectivity index (χ0) is 30.2. The Morgan fingerprint density at radius 3 is 2.37 bits per heavy atom. The summed E-state index contributed by atoms with van der Waals surface area (Å²) in [6, 6.07) is 31.2. The third-order valence-corrected chi connectivity index (χ3v) is 7.33. The Bertz CT molecular complexity index is 1740. The van der Waals surface area contributed by atoms with Gasteiger partial charge >= 0.3 is 6.03 Å². The smallest absolute Gasteiger partial charge is 0.322 e. The number of amides is 2. The first-order chi connectivity index (χ1) is 21.0. The highest BCUT2D eigenvalue weighted by atomic mass is 16.5. The molecule has 0 aliphatic carbocycles. The molecule has 8 nitrogen and oxygen atoms in total. The summed E-state index contributed by atoms with van der Waals surface area (Å²) in [4.78, 5) is 34.9. The molecule has 1 unspecified atom stereocenters. The SMILES string of the molecule is CCOc1ccc(-n2c(C(CC)N(CCc3ccccc3)C(=O)Nc3cccc(OC)c3)nc3ccccc3c2=O)cc1. The maximum atomic E-state index is 14.1. The van der Waals surface area contributed by atoms with E-state index in [1.807, 2.05) is 105 Å². The molecule has 8 heteroatoms. The van der Waals surface area contributed by atoms with Crippen molar-refractivity contribution in [3.63, 3.8) is 0 Å². The van der Waals surface area contributed by atoms with E-state index < -0.39 is 6.04 Å². The van der Waals surface area contributed by atoms with Crippen LogP contribution in [0.4, 0.5) is 10.5 Å². The third-order valence-electron chi connectivity index (χ3n) is 7.33. The number of rotatable bonds is 11. The van der Waals surface area contributed by atoms with Crippen molar-refractivity contribution in [2.24, 2.45) is 0 Å². The van der Waals surface area contributed by atoms with Gasteiger partial charge in [-0.05, 0) is 73.9 Å². The Hall–Kier alpha value is -5.11. The van der Waals surface area contributed by atoms with Gasteiger partial charge in [-0.15, -0.1) is 0 Å². The van der Waals surface area contributed by atoms with Gasteiger partial charge in [0.25, 0.3) is 5.56 Å². The van der Waals surface area contributed by atoms with Crippen LogP contribution in [0.3, 0.4) is 0 Å². The number of nitrogens with one attached hydrogen (secondary N) is 1. The predicted molar refractivity (Wildman–Crippen MR) is 170 cm³/mol. The molecule has 1 atom stereocenters. The first-order valence-corrected chi connectivity index (χ1v) is 14.5. The first kappa shape index (κ1) is 29.4. The molecule has 1 N–H and O–H groups in total. The summed E-state index contributed by atoms with van der Waals surface area (Å²) < 4.78 is 12.6. The molecular weight excluding hydrogens is 540 g/mol. The summed E-state index contributed by atoms with van der Waals surface area (Å²) in [7, 11) is 1.59. The summed E-state index contributed by atoms with van der Waals surface area (Å²) >= 11 is 0. The Morgan fingerprint density at radius 2 is 1.65 bits per heavy atom. The van der Waals surface area contributed by atoms with Crippen molar-refractivity contribution in [1.29, 1.82) is 0 Å². The van der Waals surface area contributed by atoms with Crippen LogP contribution in [0.25, 0.3) is 16.6 Å². The van der Waals surface area contributed by atoms with Crippen molar-refractivity contribution in [2.75, 3.05) is 25.6 Å². The van der Waals surface area contributed by atoms with E-state index in [1.54, 1.807) is 28.7 Å². The molecule has 2 amide bonds. The van der Waals surface area contributed by atoms with Crippen LogP contribution in [-0.4, -0.2) is 40.7 Å². The number of urea groups is 1. The fourth-order valence-electron chi connectivity index (χ4n) is 5.21. The average molecular weight is 577 g/mol. The van der Waals surface area contributed by atoms with Crippen LogP contribution in [0.1, 0.15) is 37.7 Å². The second-order valence-electron chi connectivity index (χ2n) is 10.1. The number of hydrogen-bond acceptors (Lipinski definition) is 5. The maximum Gasteiger partial charge on any atom is 0.322 e. The van der Waals surface area contributed by atoms with Crippen molar-refractivity contribution in [3.05, 3.63) is 125 Å². The van der Waals surface area contributed by atoms with Crippen LogP contribution in [0.15, 0.2) is 108 Å². The van der Waals surface area contributed by atoms with E-state index >= 15 is 0 Å². The van der Waals surface area contributed by atoms with Crippen molar-refractivity contribution >= 4 is 22.6 Å². The summed E-state index contributed by atoms with van der Waals surface area (Å²) in [5, 5.41) is 3.55. The second-order valence-corrected chi connectivity index (χ2v) is 10.1. The molecular formula is C35H36N4O4. The topological polar surface area (TPSA) is 85.7 Å². The maximum absolute atomic E-state index is 14.1. The number of nitrogens with zero attached hydrogens (tertiary/aromatic N) is 3. The highest BCUT2D eigenvalue weighted by Crippen LogP contribution is 2.28. The zero-order valence-corrected chi connectivity index (χ0v) is 24.7. The largest absolute Gasteiger partial charge is 0.497 e. The molecule has 0 aliphatic heterocycles. The third kappa shape index (κ3) is 6.70. The predicted octanol–water partition coefficient (Wildman–Crippen LogP) is 7.02. The van der Waals surface area contributed by atoms with Gasteiger partial charge in [0.2, 0.25) is 0 Å². The van der Waals surface area contributed by atoms with Gasteiger partial charge in [-0.2, -0.15) is 0 Å². The molecule has 0 spiro atoms. The number of para-hydroxylation sites is 1. The van der Waals surface area contributed by atoms with E-state index in [0.29, 0.717) is 65.6 Å². The van der Waals surface area contributed by atoms with Crippen LogP contribution in [0.5, 0.6) is 11.5 Å². The summed E-state index contributed by atoms with van der Waals surface area (Å²) in [5.74, 6) is 1.84. The van der Waals surface area contributed by atoms with E-state index in [1.165, 1.54) is 0 Å². The second kappa shape index (κ2) is 13.7. The van der Waals surface area contributed by atoms with Gasteiger partial charge in [0.15, 0.2) is 0 Å². The molecule has 0 saturated heterocycles. The summed E-state index contributed by atoms with van der Waals surface area (Å²) in [6.45, 7) is 4.88. The van der Waals surface area contributed by atoms with Gasteiger partial charge in [0.05, 0.1) is 36.3 Å². The minimum atomic E-state index is -0.516. The van der Waals surface area contributed by atoms with Crippen molar-refractivity contribution < 1.29 is 14.3 Å². The lowest BCUT2D eigenvalue weighted by atomic mass is 10.1. The minimum absolute atomic E-state index is 0.195. The molecule has 43 heavy (non-hydrogen) atoms. The van der Waals surface area contributed by atoms with Gasteiger partial charge < -0.3 is 19.7 Å². The van der Waals surface area contributed by atoms with Crippen LogP contribution >= 0.6 is 0 Å². The van der Waals surface area contributed by atoms with Gasteiger partial charge in [-0.25, -0.2) is 9.78 Å². The molecule has 0 fully saturated rings. The summed E-state index contributed by atoms with van der Waals surface area (Å²) in [5.41, 5.74) is 2.75. The Balaban J connectivity index is 1.62.